The van der Waals surface area contributed by atoms with E-state index in [-0.39, 0.29) is 0 Å². The van der Waals surface area contributed by atoms with Crippen molar-refractivity contribution >= 4 is 34.9 Å². The molecule has 7 heteroatoms. The highest BCUT2D eigenvalue weighted by atomic mass is 35.5. The lowest BCUT2D eigenvalue weighted by Crippen LogP contribution is -2.16. The second-order valence-corrected chi connectivity index (χ2v) is 5.91. The first kappa shape index (κ1) is 16.3. The molecule has 3 rings (SSSR count). The summed E-state index contributed by atoms with van der Waals surface area (Å²) >= 11 is 6.07. The van der Waals surface area contributed by atoms with E-state index in [1.54, 1.807) is 0 Å². The van der Waals surface area contributed by atoms with Gasteiger partial charge >= 0.3 is 0 Å². The average Bonchev–Trinajstić information content (AvgIpc) is 2.95. The lowest BCUT2D eigenvalue weighted by atomic mass is 10.2. The Labute approximate surface area is 144 Å². The Balaban J connectivity index is 1.92. The number of carbonyl (C=O) groups is 1. The molecule has 0 fully saturated rings. The van der Waals surface area contributed by atoms with Crippen LogP contribution in [0.2, 0.25) is 5.02 Å². The van der Waals surface area contributed by atoms with Crippen molar-refractivity contribution in [3.8, 4) is 11.4 Å². The van der Waals surface area contributed by atoms with Crippen molar-refractivity contribution in [1.29, 1.82) is 0 Å². The Kier molecular flexibility index (Phi) is 4.96. The van der Waals surface area contributed by atoms with Gasteiger partial charge in [0.2, 0.25) is 6.41 Å². The van der Waals surface area contributed by atoms with Crippen LogP contribution in [0.4, 0.5) is 5.82 Å². The zero-order chi connectivity index (χ0) is 16.9. The molecule has 24 heavy (non-hydrogen) atoms. The molecular formula is C17H18ClN5O. The van der Waals surface area contributed by atoms with Crippen LogP contribution in [0.1, 0.15) is 12.1 Å². The summed E-state index contributed by atoms with van der Waals surface area (Å²) in [5.41, 5.74) is 2.67. The van der Waals surface area contributed by atoms with Gasteiger partial charge in [-0.1, -0.05) is 23.7 Å². The van der Waals surface area contributed by atoms with E-state index in [0.717, 1.165) is 34.5 Å². The standard InChI is InChI=1S/C17H18ClN5O/c1-11-8-14-16(20-7-3-6-19-10-24)22-15(23-17(14)21-11)12-4-2-5-13(18)9-12/h2,4-5,8-10H,3,6-7H2,1H3,(H,19,24)(H2,20,21,22,23). The van der Waals surface area contributed by atoms with Crippen molar-refractivity contribution in [2.45, 2.75) is 13.3 Å². The number of aryl methyl sites for hydroxylation is 1. The van der Waals surface area contributed by atoms with Crippen LogP contribution in [0.5, 0.6) is 0 Å². The number of halogens is 1. The third-order valence-corrected chi connectivity index (χ3v) is 3.81. The molecule has 2 aromatic heterocycles. The minimum atomic E-state index is 0.611. The predicted molar refractivity (Wildman–Crippen MR) is 96.2 cm³/mol. The van der Waals surface area contributed by atoms with Gasteiger partial charge in [-0.15, -0.1) is 0 Å². The topological polar surface area (TPSA) is 82.7 Å². The average molecular weight is 344 g/mol. The number of fused-ring (bicyclic) bond motifs is 1. The van der Waals surface area contributed by atoms with Gasteiger partial charge in [0.25, 0.3) is 0 Å². The number of rotatable bonds is 7. The second-order valence-electron chi connectivity index (χ2n) is 5.47. The lowest BCUT2D eigenvalue weighted by Gasteiger charge is -2.09. The third kappa shape index (κ3) is 3.65. The van der Waals surface area contributed by atoms with Gasteiger partial charge in [-0.2, -0.15) is 0 Å². The van der Waals surface area contributed by atoms with Gasteiger partial charge in [0.05, 0.1) is 5.39 Å². The van der Waals surface area contributed by atoms with E-state index < -0.39 is 0 Å². The Morgan fingerprint density at radius 3 is 2.92 bits per heavy atom. The smallest absolute Gasteiger partial charge is 0.207 e. The molecule has 0 atom stereocenters. The van der Waals surface area contributed by atoms with Crippen LogP contribution in [0.25, 0.3) is 22.4 Å². The van der Waals surface area contributed by atoms with E-state index in [2.05, 4.69) is 25.6 Å². The number of amides is 1. The number of nitrogens with zero attached hydrogens (tertiary/aromatic N) is 2. The summed E-state index contributed by atoms with van der Waals surface area (Å²) in [5.74, 6) is 1.38. The van der Waals surface area contributed by atoms with Crippen LogP contribution in [0.3, 0.4) is 0 Å². The Morgan fingerprint density at radius 2 is 2.12 bits per heavy atom. The van der Waals surface area contributed by atoms with Crippen molar-refractivity contribution in [2.75, 3.05) is 18.4 Å². The van der Waals surface area contributed by atoms with Crippen molar-refractivity contribution < 1.29 is 4.79 Å². The second kappa shape index (κ2) is 7.31. The van der Waals surface area contributed by atoms with E-state index in [0.29, 0.717) is 30.3 Å². The molecule has 0 spiro atoms. The Hall–Kier alpha value is -2.60. The maximum Gasteiger partial charge on any atom is 0.207 e. The van der Waals surface area contributed by atoms with E-state index >= 15 is 0 Å². The molecule has 3 N–H and O–H groups in total. The number of aromatic amines is 1. The van der Waals surface area contributed by atoms with Crippen molar-refractivity contribution in [3.05, 3.63) is 41.0 Å². The van der Waals surface area contributed by atoms with Crippen molar-refractivity contribution in [1.82, 2.24) is 20.3 Å². The fourth-order valence-electron chi connectivity index (χ4n) is 2.49. The van der Waals surface area contributed by atoms with Crippen molar-refractivity contribution in [2.24, 2.45) is 0 Å². The largest absolute Gasteiger partial charge is 0.369 e. The first-order chi connectivity index (χ1) is 11.7. The van der Waals surface area contributed by atoms with E-state index in [4.69, 9.17) is 11.6 Å². The van der Waals surface area contributed by atoms with Gasteiger partial charge < -0.3 is 15.6 Å². The van der Waals surface area contributed by atoms with Crippen LogP contribution in [-0.4, -0.2) is 34.5 Å². The summed E-state index contributed by atoms with van der Waals surface area (Å²) in [7, 11) is 0. The minimum absolute atomic E-state index is 0.611. The summed E-state index contributed by atoms with van der Waals surface area (Å²) in [6.45, 7) is 3.31. The summed E-state index contributed by atoms with van der Waals surface area (Å²) in [6.07, 6.45) is 1.51. The SMILES string of the molecule is Cc1cc2c(NCCCNC=O)nc(-c3cccc(Cl)c3)nc2[nH]1. The van der Waals surface area contributed by atoms with E-state index in [1.165, 1.54) is 0 Å². The van der Waals surface area contributed by atoms with Crippen molar-refractivity contribution in [3.63, 3.8) is 0 Å². The van der Waals surface area contributed by atoms with Crippen LogP contribution < -0.4 is 10.6 Å². The predicted octanol–water partition coefficient (Wildman–Crippen LogP) is 3.13. The molecule has 124 valence electrons. The molecule has 0 bridgehead atoms. The van der Waals surface area contributed by atoms with E-state index in [1.807, 2.05) is 37.3 Å². The summed E-state index contributed by atoms with van der Waals surface area (Å²) in [5, 5.41) is 7.56. The third-order valence-electron chi connectivity index (χ3n) is 3.58. The highest BCUT2D eigenvalue weighted by Gasteiger charge is 2.11. The maximum atomic E-state index is 10.3. The molecule has 1 aromatic carbocycles. The summed E-state index contributed by atoms with van der Waals surface area (Å²) in [4.78, 5) is 22.8. The molecule has 0 saturated carbocycles. The van der Waals surface area contributed by atoms with Gasteiger partial charge in [0.15, 0.2) is 5.82 Å². The Bertz CT molecular complexity index is 861. The molecule has 6 nitrogen and oxygen atoms in total. The number of carbonyl (C=O) groups excluding carboxylic acids is 1. The zero-order valence-electron chi connectivity index (χ0n) is 13.3. The summed E-state index contributed by atoms with van der Waals surface area (Å²) < 4.78 is 0. The normalized spacial score (nSPS) is 10.8. The molecule has 0 unspecified atom stereocenters. The van der Waals surface area contributed by atoms with Gasteiger partial charge in [-0.3, -0.25) is 4.79 Å². The fraction of sp³-hybridized carbons (Fsp3) is 0.235. The van der Waals surface area contributed by atoms with Crippen LogP contribution in [-0.2, 0) is 4.79 Å². The number of aromatic nitrogens is 3. The van der Waals surface area contributed by atoms with Gasteiger partial charge in [-0.05, 0) is 31.5 Å². The molecule has 1 amide bonds. The number of hydrogen-bond donors (Lipinski definition) is 3. The highest BCUT2D eigenvalue weighted by molar-refractivity contribution is 6.30. The number of nitrogens with one attached hydrogen (secondary N) is 3. The number of benzene rings is 1. The number of H-pyrrole nitrogens is 1. The minimum Gasteiger partial charge on any atom is -0.369 e. The first-order valence-electron chi connectivity index (χ1n) is 7.71. The molecule has 0 saturated heterocycles. The molecular weight excluding hydrogens is 326 g/mol. The van der Waals surface area contributed by atoms with Gasteiger partial charge in [-0.25, -0.2) is 9.97 Å². The van der Waals surface area contributed by atoms with Crippen LogP contribution >= 0.6 is 11.6 Å². The highest BCUT2D eigenvalue weighted by Crippen LogP contribution is 2.26. The molecule has 3 aromatic rings. The molecule has 0 radical (unpaired) electrons. The monoisotopic (exact) mass is 343 g/mol. The maximum absolute atomic E-state index is 10.3. The first-order valence-corrected chi connectivity index (χ1v) is 8.09. The molecule has 2 heterocycles. The Morgan fingerprint density at radius 1 is 1.25 bits per heavy atom. The zero-order valence-corrected chi connectivity index (χ0v) is 14.0. The quantitative estimate of drug-likeness (QED) is 0.454. The fourth-order valence-corrected chi connectivity index (χ4v) is 2.68. The van der Waals surface area contributed by atoms with Gasteiger partial charge in [0.1, 0.15) is 11.5 Å². The van der Waals surface area contributed by atoms with Crippen LogP contribution in [0.15, 0.2) is 30.3 Å². The molecule has 0 aliphatic heterocycles. The number of hydrogen-bond acceptors (Lipinski definition) is 4. The number of anilines is 1. The van der Waals surface area contributed by atoms with Gasteiger partial charge in [0, 0.05) is 29.4 Å². The van der Waals surface area contributed by atoms with Crippen LogP contribution in [0, 0.1) is 6.92 Å². The molecule has 0 aliphatic rings. The lowest BCUT2D eigenvalue weighted by molar-refractivity contribution is -0.109. The molecule has 0 aliphatic carbocycles. The van der Waals surface area contributed by atoms with E-state index in [9.17, 15) is 4.79 Å². The summed E-state index contributed by atoms with van der Waals surface area (Å²) in [6, 6.07) is 9.49.